The molecule has 3 aromatic rings. The summed E-state index contributed by atoms with van der Waals surface area (Å²) in [6.45, 7) is 4.86. The van der Waals surface area contributed by atoms with E-state index in [0.29, 0.717) is 0 Å². The van der Waals surface area contributed by atoms with E-state index in [2.05, 4.69) is 28.0 Å². The minimum absolute atomic E-state index is 0.244. The van der Waals surface area contributed by atoms with Gasteiger partial charge in [-0.3, -0.25) is 9.80 Å². The number of nitrogens with zero attached hydrogens (tertiary/aromatic N) is 2. The van der Waals surface area contributed by atoms with Crippen LogP contribution in [0.5, 0.6) is 23.0 Å². The van der Waals surface area contributed by atoms with E-state index in [1.54, 1.807) is 27.4 Å². The minimum atomic E-state index is -0.277. The highest BCUT2D eigenvalue weighted by atomic mass is 32.2. The quantitative estimate of drug-likeness (QED) is 0.287. The van der Waals surface area contributed by atoms with E-state index in [1.807, 2.05) is 6.07 Å². The molecule has 0 N–H and O–H groups in total. The van der Waals surface area contributed by atoms with Crippen LogP contribution in [0, 0.1) is 5.82 Å². The number of methoxy groups -OCH3 is 3. The Labute approximate surface area is 240 Å². The molecule has 6 rings (SSSR count). The first-order chi connectivity index (χ1) is 19.6. The zero-order valence-electron chi connectivity index (χ0n) is 23.5. The number of hydrogen-bond acceptors (Lipinski definition) is 7. The number of hydrogen-bond donors (Lipinski definition) is 0. The second kappa shape index (κ2) is 11.9. The van der Waals surface area contributed by atoms with Crippen molar-refractivity contribution in [1.29, 1.82) is 0 Å². The van der Waals surface area contributed by atoms with Crippen LogP contribution in [0.2, 0.25) is 0 Å². The van der Waals surface area contributed by atoms with Crippen molar-refractivity contribution in [3.8, 4) is 23.0 Å². The van der Waals surface area contributed by atoms with Crippen LogP contribution in [0.3, 0.4) is 0 Å². The second-order valence-electron chi connectivity index (χ2n) is 10.8. The van der Waals surface area contributed by atoms with Gasteiger partial charge in [0.25, 0.3) is 0 Å². The van der Waals surface area contributed by atoms with E-state index in [0.717, 1.165) is 73.5 Å². The Bertz CT molecular complexity index is 1380. The van der Waals surface area contributed by atoms with Gasteiger partial charge in [0.05, 0.1) is 38.3 Å². The Morgan fingerprint density at radius 1 is 0.875 bits per heavy atom. The summed E-state index contributed by atoms with van der Waals surface area (Å²) in [6, 6.07) is 13.2. The number of halogens is 1. The molecule has 0 aliphatic carbocycles. The Morgan fingerprint density at radius 3 is 2.40 bits per heavy atom. The average Bonchev–Trinajstić information content (AvgIpc) is 2.99. The first-order valence-corrected chi connectivity index (χ1v) is 14.8. The van der Waals surface area contributed by atoms with Crippen molar-refractivity contribution >= 4 is 12.0 Å². The summed E-state index contributed by atoms with van der Waals surface area (Å²) in [5.74, 6) is 2.75. The molecule has 0 spiro atoms. The molecule has 6 nitrogen and oxygen atoms in total. The highest BCUT2D eigenvalue weighted by Gasteiger charge is 2.37. The van der Waals surface area contributed by atoms with Gasteiger partial charge in [-0.1, -0.05) is 12.5 Å². The standard InChI is InChI=1S/C32H37FN2O4S/c1-36-29-14-21-10-13-35-20-27-25(17-28(35)26(21)18-30(29)37-2)22(19-34-11-5-4-6-12-34)15-31(38-3)32(27)39-40-24-9-7-8-23(33)16-24/h7-9,14-16,18,28H,4-6,10-13,17,19-20H2,1-3H3. The van der Waals surface area contributed by atoms with Crippen molar-refractivity contribution in [2.24, 2.45) is 0 Å². The van der Waals surface area contributed by atoms with Gasteiger partial charge in [0.15, 0.2) is 23.0 Å². The summed E-state index contributed by atoms with van der Waals surface area (Å²) in [6.07, 6.45) is 5.62. The van der Waals surface area contributed by atoms with Crippen LogP contribution in [-0.2, 0) is 25.9 Å². The number of rotatable bonds is 8. The fraction of sp³-hybridized carbons (Fsp3) is 0.438. The van der Waals surface area contributed by atoms with E-state index in [1.165, 1.54) is 71.3 Å². The summed E-state index contributed by atoms with van der Waals surface area (Å²) in [4.78, 5) is 5.82. The van der Waals surface area contributed by atoms with Crippen LogP contribution in [0.15, 0.2) is 47.4 Å². The Hall–Kier alpha value is -2.94. The molecule has 0 bridgehead atoms. The first kappa shape index (κ1) is 27.2. The Kier molecular flexibility index (Phi) is 8.10. The van der Waals surface area contributed by atoms with Crippen LogP contribution < -0.4 is 18.4 Å². The molecule has 0 saturated carbocycles. The molecule has 40 heavy (non-hydrogen) atoms. The van der Waals surface area contributed by atoms with Gasteiger partial charge in [-0.15, -0.1) is 0 Å². The lowest BCUT2D eigenvalue weighted by Crippen LogP contribution is -2.40. The number of piperidine rings is 1. The number of likely N-dealkylation sites (tertiary alicyclic amines) is 1. The molecule has 1 atom stereocenters. The van der Waals surface area contributed by atoms with Crippen molar-refractivity contribution in [3.05, 3.63) is 76.1 Å². The molecule has 3 heterocycles. The average molecular weight is 565 g/mol. The zero-order valence-corrected chi connectivity index (χ0v) is 24.3. The largest absolute Gasteiger partial charge is 0.493 e. The third-order valence-electron chi connectivity index (χ3n) is 8.51. The Balaban J connectivity index is 1.40. The van der Waals surface area contributed by atoms with Gasteiger partial charge in [-0.05, 0) is 97.4 Å². The molecule has 8 heteroatoms. The molecule has 0 radical (unpaired) electrons. The maximum Gasteiger partial charge on any atom is 0.184 e. The molecular weight excluding hydrogens is 527 g/mol. The lowest BCUT2D eigenvalue weighted by molar-refractivity contribution is 0.156. The maximum absolute atomic E-state index is 13.9. The zero-order chi connectivity index (χ0) is 27.6. The van der Waals surface area contributed by atoms with Gasteiger partial charge >= 0.3 is 0 Å². The van der Waals surface area contributed by atoms with Crippen LogP contribution in [0.1, 0.15) is 53.1 Å². The van der Waals surface area contributed by atoms with Gasteiger partial charge in [0, 0.05) is 31.2 Å². The van der Waals surface area contributed by atoms with Crippen molar-refractivity contribution in [2.75, 3.05) is 41.0 Å². The number of fused-ring (bicyclic) bond motifs is 4. The van der Waals surface area contributed by atoms with Crippen molar-refractivity contribution in [1.82, 2.24) is 9.80 Å². The van der Waals surface area contributed by atoms with E-state index >= 15 is 0 Å². The molecule has 1 saturated heterocycles. The summed E-state index contributed by atoms with van der Waals surface area (Å²) >= 11 is 1.18. The van der Waals surface area contributed by atoms with E-state index < -0.39 is 0 Å². The third kappa shape index (κ3) is 5.37. The number of ether oxygens (including phenoxy) is 3. The minimum Gasteiger partial charge on any atom is -0.493 e. The molecule has 1 unspecified atom stereocenters. The fourth-order valence-electron chi connectivity index (χ4n) is 6.47. The molecule has 3 aliphatic heterocycles. The monoisotopic (exact) mass is 564 g/mol. The maximum atomic E-state index is 13.9. The van der Waals surface area contributed by atoms with Crippen molar-refractivity contribution in [3.63, 3.8) is 0 Å². The molecule has 0 aromatic heterocycles. The van der Waals surface area contributed by atoms with E-state index in [4.69, 9.17) is 18.4 Å². The van der Waals surface area contributed by atoms with E-state index in [9.17, 15) is 4.39 Å². The van der Waals surface area contributed by atoms with Crippen LogP contribution in [-0.4, -0.2) is 50.8 Å². The SMILES string of the molecule is COc1cc2c(cc1OC)C1Cc3c(CN4CCCCC4)cc(OC)c(OSc4cccc(F)c4)c3CN1CC2. The highest BCUT2D eigenvalue weighted by molar-refractivity contribution is 7.95. The van der Waals surface area contributed by atoms with Gasteiger partial charge in [0.2, 0.25) is 0 Å². The van der Waals surface area contributed by atoms with Gasteiger partial charge < -0.3 is 18.4 Å². The van der Waals surface area contributed by atoms with Gasteiger partial charge in [-0.2, -0.15) is 0 Å². The molecule has 1 fully saturated rings. The summed E-state index contributed by atoms with van der Waals surface area (Å²) in [5.41, 5.74) is 6.46. The molecule has 212 valence electrons. The van der Waals surface area contributed by atoms with Crippen LogP contribution in [0.4, 0.5) is 4.39 Å². The van der Waals surface area contributed by atoms with E-state index in [-0.39, 0.29) is 11.9 Å². The van der Waals surface area contributed by atoms with Crippen molar-refractivity contribution < 1.29 is 22.8 Å². The smallest absolute Gasteiger partial charge is 0.184 e. The van der Waals surface area contributed by atoms with Gasteiger partial charge in [0.1, 0.15) is 5.82 Å². The highest BCUT2D eigenvalue weighted by Crippen LogP contribution is 2.48. The predicted molar refractivity (Wildman–Crippen MR) is 155 cm³/mol. The summed E-state index contributed by atoms with van der Waals surface area (Å²) in [7, 11) is 5.10. The number of benzene rings is 3. The normalized spacial score (nSPS) is 18.9. The first-order valence-electron chi connectivity index (χ1n) is 14.1. The van der Waals surface area contributed by atoms with Crippen LogP contribution in [0.25, 0.3) is 0 Å². The second-order valence-corrected chi connectivity index (χ2v) is 11.6. The fourth-order valence-corrected chi connectivity index (χ4v) is 7.13. The van der Waals surface area contributed by atoms with Crippen molar-refractivity contribution in [2.45, 2.75) is 56.1 Å². The molecule has 0 amide bonds. The lowest BCUT2D eigenvalue weighted by atomic mass is 9.81. The molecular formula is C32H37FN2O4S. The molecule has 3 aromatic carbocycles. The summed E-state index contributed by atoms with van der Waals surface area (Å²) < 4.78 is 37.5. The summed E-state index contributed by atoms with van der Waals surface area (Å²) in [5, 5.41) is 0. The lowest BCUT2D eigenvalue weighted by Gasteiger charge is -2.43. The van der Waals surface area contributed by atoms with Crippen LogP contribution >= 0.6 is 12.0 Å². The van der Waals surface area contributed by atoms with Gasteiger partial charge in [-0.25, -0.2) is 4.39 Å². The predicted octanol–water partition coefficient (Wildman–Crippen LogP) is 6.58. The topological polar surface area (TPSA) is 43.4 Å². The Morgan fingerprint density at radius 2 is 1.65 bits per heavy atom. The molecule has 3 aliphatic rings. The third-order valence-corrected chi connectivity index (χ3v) is 9.20.